The van der Waals surface area contributed by atoms with Crippen molar-refractivity contribution in [2.45, 2.75) is 55.9 Å². The molecule has 0 amide bonds. The quantitative estimate of drug-likeness (QED) is 0.164. The van der Waals surface area contributed by atoms with Gasteiger partial charge in [0.25, 0.3) is 0 Å². The third-order valence-corrected chi connectivity index (χ3v) is 11.2. The van der Waals surface area contributed by atoms with Crippen LogP contribution in [0.15, 0.2) is 71.6 Å². The average molecular weight is 688 g/mol. The van der Waals surface area contributed by atoms with E-state index in [0.717, 1.165) is 53.2 Å². The molecule has 2 aliphatic rings. The van der Waals surface area contributed by atoms with Crippen LogP contribution in [0, 0.1) is 6.92 Å². The molecular weight excluding hydrogens is 644 g/mol. The number of hydrogen-bond acceptors (Lipinski definition) is 7. The molecule has 238 valence electrons. The van der Waals surface area contributed by atoms with Crippen LogP contribution < -0.4 is 9.64 Å². The van der Waals surface area contributed by atoms with Gasteiger partial charge < -0.3 is 23.8 Å². The first-order valence-corrected chi connectivity index (χ1v) is 17.7. The molecule has 1 fully saturated rings. The standard InChI is InChI=1S/C34H43BrN2O6S/c1-25-5-12-30(13-6-25)44(38,39)37-22-34(31(20-29(37)21-35)28-10-7-26(8-11-28)23-41-3)43-24-27-9-14-33-32(19-27)36(16-18-42-33)15-4-17-40-2/h5-14,19,29,31,34H,4,15-18,20-24H2,1-3H3/t29-,31+,34-/m0/s1. The topological polar surface area (TPSA) is 77.5 Å². The van der Waals surface area contributed by atoms with Gasteiger partial charge in [-0.2, -0.15) is 4.31 Å². The molecule has 3 aromatic carbocycles. The predicted octanol–water partition coefficient (Wildman–Crippen LogP) is 5.90. The second-order valence-electron chi connectivity index (χ2n) is 11.5. The number of ether oxygens (including phenoxy) is 4. The highest BCUT2D eigenvalue weighted by Crippen LogP contribution is 2.38. The highest BCUT2D eigenvalue weighted by molar-refractivity contribution is 9.09. The second-order valence-corrected chi connectivity index (χ2v) is 14.1. The number of nitrogens with zero attached hydrogens (tertiary/aromatic N) is 2. The number of sulfonamides is 1. The van der Waals surface area contributed by atoms with Crippen molar-refractivity contribution in [1.29, 1.82) is 0 Å². The zero-order chi connectivity index (χ0) is 31.1. The van der Waals surface area contributed by atoms with Crippen molar-refractivity contribution in [2.75, 3.05) is 57.3 Å². The smallest absolute Gasteiger partial charge is 0.243 e. The number of methoxy groups -OCH3 is 2. The van der Waals surface area contributed by atoms with Crippen molar-refractivity contribution in [3.05, 3.63) is 89.0 Å². The summed E-state index contributed by atoms with van der Waals surface area (Å²) < 4.78 is 52.7. The Morgan fingerprint density at radius 3 is 2.41 bits per heavy atom. The largest absolute Gasteiger partial charge is 0.490 e. The van der Waals surface area contributed by atoms with Gasteiger partial charge in [0.2, 0.25) is 10.0 Å². The molecule has 0 spiro atoms. The van der Waals surface area contributed by atoms with E-state index < -0.39 is 10.0 Å². The third-order valence-electron chi connectivity index (χ3n) is 8.49. The van der Waals surface area contributed by atoms with Gasteiger partial charge in [0.15, 0.2) is 0 Å². The minimum atomic E-state index is -3.73. The van der Waals surface area contributed by atoms with E-state index >= 15 is 0 Å². The number of hydrogen-bond donors (Lipinski definition) is 0. The Labute approximate surface area is 270 Å². The fourth-order valence-electron chi connectivity index (χ4n) is 6.09. The molecule has 2 heterocycles. The lowest BCUT2D eigenvalue weighted by Gasteiger charge is -2.43. The number of rotatable bonds is 13. The lowest BCUT2D eigenvalue weighted by molar-refractivity contribution is -0.0169. The van der Waals surface area contributed by atoms with Crippen molar-refractivity contribution in [2.24, 2.45) is 0 Å². The van der Waals surface area contributed by atoms with Gasteiger partial charge in [-0.25, -0.2) is 8.42 Å². The Bertz CT molecular complexity index is 1470. The average Bonchev–Trinajstić information content (AvgIpc) is 3.04. The molecule has 0 radical (unpaired) electrons. The van der Waals surface area contributed by atoms with Crippen molar-refractivity contribution < 1.29 is 27.4 Å². The molecular formula is C34H43BrN2O6S. The van der Waals surface area contributed by atoms with Gasteiger partial charge in [0, 0.05) is 51.2 Å². The fraction of sp³-hybridized carbons (Fsp3) is 0.471. The van der Waals surface area contributed by atoms with Crippen LogP contribution in [-0.4, -0.2) is 77.3 Å². The molecule has 5 rings (SSSR count). The number of alkyl halides is 1. The van der Waals surface area contributed by atoms with Crippen molar-refractivity contribution >= 4 is 31.6 Å². The highest BCUT2D eigenvalue weighted by atomic mass is 79.9. The lowest BCUT2D eigenvalue weighted by Crippen LogP contribution is -2.53. The van der Waals surface area contributed by atoms with Crippen molar-refractivity contribution in [3.8, 4) is 5.75 Å². The van der Waals surface area contributed by atoms with Gasteiger partial charge in [0.1, 0.15) is 12.4 Å². The van der Waals surface area contributed by atoms with Crippen LogP contribution in [0.5, 0.6) is 5.75 Å². The van der Waals surface area contributed by atoms with Gasteiger partial charge in [-0.1, -0.05) is 64.0 Å². The molecule has 2 aliphatic heterocycles. The van der Waals surface area contributed by atoms with Crippen LogP contribution in [0.2, 0.25) is 0 Å². The summed E-state index contributed by atoms with van der Waals surface area (Å²) in [5.74, 6) is 0.893. The molecule has 3 aromatic rings. The number of benzene rings is 3. The Hall–Kier alpha value is -2.47. The molecule has 0 saturated carbocycles. The predicted molar refractivity (Wildman–Crippen MR) is 176 cm³/mol. The fourth-order valence-corrected chi connectivity index (χ4v) is 8.54. The maximum atomic E-state index is 14.0. The third kappa shape index (κ3) is 7.66. The van der Waals surface area contributed by atoms with E-state index in [1.165, 1.54) is 0 Å². The molecule has 0 unspecified atom stereocenters. The second kappa shape index (κ2) is 15.2. The normalized spacial score (nSPS) is 20.7. The Balaban J connectivity index is 1.41. The zero-order valence-corrected chi connectivity index (χ0v) is 28.2. The van der Waals surface area contributed by atoms with Gasteiger partial charge >= 0.3 is 0 Å². The van der Waals surface area contributed by atoms with Crippen LogP contribution in [0.25, 0.3) is 0 Å². The first-order valence-electron chi connectivity index (χ1n) is 15.2. The van der Waals surface area contributed by atoms with Crippen LogP contribution >= 0.6 is 15.9 Å². The summed E-state index contributed by atoms with van der Waals surface area (Å²) >= 11 is 3.63. The van der Waals surface area contributed by atoms with E-state index in [-0.39, 0.29) is 24.6 Å². The number of anilines is 1. The van der Waals surface area contributed by atoms with Gasteiger partial charge in [-0.3, -0.25) is 0 Å². The molecule has 10 heteroatoms. The van der Waals surface area contributed by atoms with Crippen LogP contribution in [0.1, 0.15) is 41.0 Å². The number of fused-ring (bicyclic) bond motifs is 1. The monoisotopic (exact) mass is 686 g/mol. The molecule has 0 aliphatic carbocycles. The van der Waals surface area contributed by atoms with E-state index in [1.807, 2.05) is 31.2 Å². The molecule has 0 aromatic heterocycles. The van der Waals surface area contributed by atoms with E-state index in [4.69, 9.17) is 18.9 Å². The zero-order valence-electron chi connectivity index (χ0n) is 25.8. The molecule has 0 bridgehead atoms. The van der Waals surface area contributed by atoms with Crippen LogP contribution in [0.4, 0.5) is 5.69 Å². The molecule has 8 nitrogen and oxygen atoms in total. The summed E-state index contributed by atoms with van der Waals surface area (Å²) in [7, 11) is -0.319. The Morgan fingerprint density at radius 2 is 1.70 bits per heavy atom. The Kier molecular flexibility index (Phi) is 11.4. The summed E-state index contributed by atoms with van der Waals surface area (Å²) in [4.78, 5) is 2.64. The summed E-state index contributed by atoms with van der Waals surface area (Å²) in [6.07, 6.45) is 1.23. The summed E-state index contributed by atoms with van der Waals surface area (Å²) in [6, 6.07) is 21.5. The maximum absolute atomic E-state index is 14.0. The first kappa shape index (κ1) is 32.9. The number of aryl methyl sites for hydroxylation is 1. The summed E-state index contributed by atoms with van der Waals surface area (Å²) in [5, 5.41) is 0.535. The van der Waals surface area contributed by atoms with Crippen molar-refractivity contribution in [1.82, 2.24) is 4.31 Å². The summed E-state index contributed by atoms with van der Waals surface area (Å²) in [5.41, 5.74) is 5.33. The maximum Gasteiger partial charge on any atom is 0.243 e. The van der Waals surface area contributed by atoms with Crippen molar-refractivity contribution in [3.63, 3.8) is 0 Å². The van der Waals surface area contributed by atoms with Gasteiger partial charge in [-0.05, 0) is 60.7 Å². The van der Waals surface area contributed by atoms with Gasteiger partial charge in [-0.15, -0.1) is 0 Å². The van der Waals surface area contributed by atoms with E-state index in [0.29, 0.717) is 43.1 Å². The molecule has 1 saturated heterocycles. The van der Waals surface area contributed by atoms with E-state index in [2.05, 4.69) is 51.2 Å². The van der Waals surface area contributed by atoms with E-state index in [1.54, 1.807) is 30.7 Å². The Morgan fingerprint density at radius 1 is 0.955 bits per heavy atom. The van der Waals surface area contributed by atoms with Crippen LogP contribution in [-0.2, 0) is 37.4 Å². The van der Waals surface area contributed by atoms with Crippen LogP contribution in [0.3, 0.4) is 0 Å². The highest BCUT2D eigenvalue weighted by Gasteiger charge is 2.42. The number of piperidine rings is 1. The lowest BCUT2D eigenvalue weighted by atomic mass is 9.84. The number of halogens is 1. The molecule has 44 heavy (non-hydrogen) atoms. The SMILES string of the molecule is COCCCN1CCOc2ccc(CO[C@H]3CN(S(=O)(=O)c4ccc(C)cc4)[C@H](CBr)C[C@@H]3c3ccc(COC)cc3)cc21. The van der Waals surface area contributed by atoms with E-state index in [9.17, 15) is 8.42 Å². The minimum absolute atomic E-state index is 0.0186. The van der Waals surface area contributed by atoms with Gasteiger partial charge in [0.05, 0.1) is 36.4 Å². The summed E-state index contributed by atoms with van der Waals surface area (Å²) in [6.45, 7) is 6.19. The minimum Gasteiger partial charge on any atom is -0.490 e. The molecule has 3 atom stereocenters. The first-order chi connectivity index (χ1) is 21.3. The molecule has 0 N–H and O–H groups in total.